The molecule has 0 saturated carbocycles. The molecule has 2 N–H and O–H groups in total. The van der Waals surface area contributed by atoms with Gasteiger partial charge in [-0.3, -0.25) is 0 Å². The molecule has 3 aromatic rings. The summed E-state index contributed by atoms with van der Waals surface area (Å²) in [6.45, 7) is 0. The number of nitrogen functional groups attached to an aromatic ring is 1. The number of nitriles is 1. The second-order valence-electron chi connectivity index (χ2n) is 6.52. The van der Waals surface area contributed by atoms with Gasteiger partial charge in [0.2, 0.25) is 0 Å². The van der Waals surface area contributed by atoms with Gasteiger partial charge in [-0.05, 0) is 59.0 Å². The molecule has 6 heteroatoms. The molecule has 0 amide bonds. The van der Waals surface area contributed by atoms with Crippen molar-refractivity contribution in [1.29, 1.82) is 5.26 Å². The Labute approximate surface area is 173 Å². The molecule has 1 aliphatic rings. The van der Waals surface area contributed by atoms with Crippen LogP contribution in [0.4, 0.5) is 5.69 Å². The molecule has 0 spiro atoms. The minimum absolute atomic E-state index is 0.407. The SMILES string of the molecule is COc1cc2c(cc1OC)-c1cc(N)c(C#N)c(-c3ccc(Cl)cc3Cl)c1C2. The molecule has 0 fully saturated rings. The van der Waals surface area contributed by atoms with Crippen molar-refractivity contribution < 1.29 is 9.47 Å². The molecule has 0 atom stereocenters. The molecule has 4 nitrogen and oxygen atoms in total. The van der Waals surface area contributed by atoms with E-state index in [4.69, 9.17) is 38.4 Å². The highest BCUT2D eigenvalue weighted by Gasteiger charge is 2.28. The first-order valence-electron chi connectivity index (χ1n) is 8.54. The van der Waals surface area contributed by atoms with Gasteiger partial charge in [0, 0.05) is 21.2 Å². The third-order valence-corrected chi connectivity index (χ3v) is 5.59. The Bertz CT molecular complexity index is 1170. The van der Waals surface area contributed by atoms with Gasteiger partial charge in [0.1, 0.15) is 6.07 Å². The van der Waals surface area contributed by atoms with Crippen molar-refractivity contribution in [1.82, 2.24) is 0 Å². The lowest BCUT2D eigenvalue weighted by molar-refractivity contribution is 0.355. The van der Waals surface area contributed by atoms with Crippen molar-refractivity contribution in [2.45, 2.75) is 6.42 Å². The van der Waals surface area contributed by atoms with Gasteiger partial charge in [-0.1, -0.05) is 29.3 Å². The maximum absolute atomic E-state index is 9.78. The lowest BCUT2D eigenvalue weighted by atomic mass is 9.90. The van der Waals surface area contributed by atoms with E-state index in [0.29, 0.717) is 39.2 Å². The fourth-order valence-corrected chi connectivity index (χ4v) is 4.29. The Morgan fingerprint density at radius 1 is 0.964 bits per heavy atom. The minimum atomic E-state index is 0.407. The molecule has 0 bridgehead atoms. The van der Waals surface area contributed by atoms with Crippen molar-refractivity contribution in [3.63, 3.8) is 0 Å². The maximum atomic E-state index is 9.78. The smallest absolute Gasteiger partial charge is 0.161 e. The molecule has 140 valence electrons. The summed E-state index contributed by atoms with van der Waals surface area (Å²) in [6, 6.07) is 13.2. The number of nitrogens with zero attached hydrogens (tertiary/aromatic N) is 1. The maximum Gasteiger partial charge on any atom is 0.161 e. The van der Waals surface area contributed by atoms with Gasteiger partial charge in [0.25, 0.3) is 0 Å². The molecule has 0 aromatic heterocycles. The number of rotatable bonds is 3. The van der Waals surface area contributed by atoms with E-state index in [2.05, 4.69) is 6.07 Å². The summed E-state index contributed by atoms with van der Waals surface area (Å²) in [5, 5.41) is 10.8. The summed E-state index contributed by atoms with van der Waals surface area (Å²) in [5.74, 6) is 1.30. The van der Waals surface area contributed by atoms with Gasteiger partial charge < -0.3 is 15.2 Å². The second-order valence-corrected chi connectivity index (χ2v) is 7.36. The minimum Gasteiger partial charge on any atom is -0.493 e. The fraction of sp³-hybridized carbons (Fsp3) is 0.136. The van der Waals surface area contributed by atoms with Crippen molar-refractivity contribution in [3.05, 3.63) is 63.1 Å². The molecule has 0 unspecified atom stereocenters. The number of methoxy groups -OCH3 is 2. The summed E-state index contributed by atoms with van der Waals surface area (Å²) in [4.78, 5) is 0. The third kappa shape index (κ3) is 2.75. The summed E-state index contributed by atoms with van der Waals surface area (Å²) in [6.07, 6.45) is 0.633. The van der Waals surface area contributed by atoms with Crippen LogP contribution in [-0.2, 0) is 6.42 Å². The Hall–Kier alpha value is -2.87. The molecule has 0 saturated heterocycles. The van der Waals surface area contributed by atoms with Crippen LogP contribution in [0.25, 0.3) is 22.3 Å². The fourth-order valence-electron chi connectivity index (χ4n) is 3.79. The van der Waals surface area contributed by atoms with Crippen LogP contribution >= 0.6 is 23.2 Å². The van der Waals surface area contributed by atoms with E-state index in [1.54, 1.807) is 26.4 Å². The molecular weight excluding hydrogens is 395 g/mol. The Balaban J connectivity index is 2.03. The number of halogens is 2. The first-order valence-corrected chi connectivity index (χ1v) is 9.30. The quantitative estimate of drug-likeness (QED) is 0.439. The van der Waals surface area contributed by atoms with Crippen molar-refractivity contribution in [2.24, 2.45) is 0 Å². The van der Waals surface area contributed by atoms with Gasteiger partial charge in [-0.25, -0.2) is 0 Å². The first-order chi connectivity index (χ1) is 13.5. The number of hydrogen-bond donors (Lipinski definition) is 1. The molecule has 28 heavy (non-hydrogen) atoms. The van der Waals surface area contributed by atoms with Crippen LogP contribution in [-0.4, -0.2) is 14.2 Å². The van der Waals surface area contributed by atoms with Crippen LogP contribution in [0.2, 0.25) is 10.0 Å². The molecule has 1 aliphatic carbocycles. The van der Waals surface area contributed by atoms with Gasteiger partial charge in [0.15, 0.2) is 11.5 Å². The van der Waals surface area contributed by atoms with Crippen LogP contribution < -0.4 is 15.2 Å². The number of hydrogen-bond acceptors (Lipinski definition) is 4. The first kappa shape index (κ1) is 18.5. The highest BCUT2D eigenvalue weighted by molar-refractivity contribution is 6.36. The lowest BCUT2D eigenvalue weighted by Gasteiger charge is -2.15. The average molecular weight is 411 g/mol. The van der Waals surface area contributed by atoms with Crippen LogP contribution in [0, 0.1) is 11.3 Å². The van der Waals surface area contributed by atoms with Gasteiger partial charge in [0.05, 0.1) is 25.5 Å². The van der Waals surface area contributed by atoms with E-state index >= 15 is 0 Å². The summed E-state index contributed by atoms with van der Waals surface area (Å²) in [7, 11) is 3.21. The second kappa shape index (κ2) is 6.94. The number of ether oxygens (including phenoxy) is 2. The van der Waals surface area contributed by atoms with Crippen molar-refractivity contribution in [2.75, 3.05) is 20.0 Å². The average Bonchev–Trinajstić information content (AvgIpc) is 3.03. The zero-order chi connectivity index (χ0) is 20.0. The normalized spacial score (nSPS) is 11.5. The highest BCUT2D eigenvalue weighted by Crippen LogP contribution is 2.49. The number of nitrogens with two attached hydrogens (primary N) is 1. The van der Waals surface area contributed by atoms with E-state index in [1.165, 1.54) is 0 Å². The predicted octanol–water partition coefficient (Wildman–Crippen LogP) is 5.70. The Kier molecular flexibility index (Phi) is 4.58. The van der Waals surface area contributed by atoms with E-state index in [-0.39, 0.29) is 0 Å². The van der Waals surface area contributed by atoms with Gasteiger partial charge in [-0.15, -0.1) is 0 Å². The zero-order valence-corrected chi connectivity index (χ0v) is 16.8. The Morgan fingerprint density at radius 3 is 2.32 bits per heavy atom. The Morgan fingerprint density at radius 2 is 1.68 bits per heavy atom. The van der Waals surface area contributed by atoms with Gasteiger partial charge >= 0.3 is 0 Å². The third-order valence-electron chi connectivity index (χ3n) is 5.04. The van der Waals surface area contributed by atoms with Crippen LogP contribution in [0.15, 0.2) is 36.4 Å². The summed E-state index contributed by atoms with van der Waals surface area (Å²) >= 11 is 12.5. The molecule has 0 aliphatic heterocycles. The van der Waals surface area contributed by atoms with E-state index in [9.17, 15) is 5.26 Å². The number of fused-ring (bicyclic) bond motifs is 3. The van der Waals surface area contributed by atoms with Crippen LogP contribution in [0.3, 0.4) is 0 Å². The van der Waals surface area contributed by atoms with Crippen molar-refractivity contribution in [3.8, 4) is 39.8 Å². The van der Waals surface area contributed by atoms with E-state index < -0.39 is 0 Å². The van der Waals surface area contributed by atoms with E-state index in [1.807, 2.05) is 24.3 Å². The summed E-state index contributed by atoms with van der Waals surface area (Å²) in [5.41, 5.74) is 12.6. The summed E-state index contributed by atoms with van der Waals surface area (Å²) < 4.78 is 10.9. The molecule has 4 rings (SSSR count). The molecule has 0 heterocycles. The zero-order valence-electron chi connectivity index (χ0n) is 15.3. The number of benzene rings is 3. The standard InChI is InChI=1S/C22H16Cl2N2O2/c1-27-20-6-11-5-16-15(14(11)9-21(20)28-2)8-19(26)17(10-25)22(16)13-4-3-12(23)7-18(13)24/h3-4,6-9H,5,26H2,1-2H3. The van der Waals surface area contributed by atoms with Crippen molar-refractivity contribution >= 4 is 28.9 Å². The lowest BCUT2D eigenvalue weighted by Crippen LogP contribution is -1.99. The molecule has 3 aromatic carbocycles. The van der Waals surface area contributed by atoms with Crippen LogP contribution in [0.1, 0.15) is 16.7 Å². The van der Waals surface area contributed by atoms with E-state index in [0.717, 1.165) is 33.4 Å². The predicted molar refractivity (Wildman–Crippen MR) is 112 cm³/mol. The number of anilines is 1. The topological polar surface area (TPSA) is 68.3 Å². The molecular formula is C22H16Cl2N2O2. The monoisotopic (exact) mass is 410 g/mol. The molecule has 0 radical (unpaired) electrons. The highest BCUT2D eigenvalue weighted by atomic mass is 35.5. The van der Waals surface area contributed by atoms with Crippen LogP contribution in [0.5, 0.6) is 11.5 Å². The largest absolute Gasteiger partial charge is 0.493 e. The van der Waals surface area contributed by atoms with Gasteiger partial charge in [-0.2, -0.15) is 5.26 Å².